The summed E-state index contributed by atoms with van der Waals surface area (Å²) in [4.78, 5) is 32.5. The smallest absolute Gasteiger partial charge is 0.253 e. The fourth-order valence-corrected chi connectivity index (χ4v) is 5.05. The number of hydrogen-bond donors (Lipinski definition) is 1. The van der Waals surface area contributed by atoms with Crippen molar-refractivity contribution in [2.75, 3.05) is 32.6 Å². The molecule has 2 amide bonds. The van der Waals surface area contributed by atoms with E-state index in [9.17, 15) is 9.59 Å². The van der Waals surface area contributed by atoms with Crippen LogP contribution >= 0.6 is 11.3 Å². The summed E-state index contributed by atoms with van der Waals surface area (Å²) >= 11 is 1.36. The number of carbonyl (C=O) groups is 2. The molecular formula is C26H29N3O4S. The Hall–Kier alpha value is -3.39. The molecule has 2 aromatic carbocycles. The summed E-state index contributed by atoms with van der Waals surface area (Å²) in [6.45, 7) is 5.03. The Morgan fingerprint density at radius 3 is 2.56 bits per heavy atom. The van der Waals surface area contributed by atoms with Gasteiger partial charge in [0.05, 0.1) is 25.8 Å². The summed E-state index contributed by atoms with van der Waals surface area (Å²) in [5.41, 5.74) is 4.28. The minimum atomic E-state index is -0.276. The zero-order chi connectivity index (χ0) is 24.2. The highest BCUT2D eigenvalue weighted by Gasteiger charge is 2.29. The van der Waals surface area contributed by atoms with Gasteiger partial charge < -0.3 is 19.7 Å². The summed E-state index contributed by atoms with van der Waals surface area (Å²) in [6.07, 6.45) is 1.53. The van der Waals surface area contributed by atoms with Crippen LogP contribution in [0.15, 0.2) is 41.8 Å². The second kappa shape index (κ2) is 10.3. The molecule has 3 aromatic rings. The highest BCUT2D eigenvalue weighted by Crippen LogP contribution is 2.35. The predicted octanol–water partition coefficient (Wildman–Crippen LogP) is 4.94. The summed E-state index contributed by atoms with van der Waals surface area (Å²) in [5, 5.41) is 5.34. The molecule has 1 aliphatic heterocycles. The van der Waals surface area contributed by atoms with Gasteiger partial charge in [0.1, 0.15) is 11.5 Å². The number of methoxy groups -OCH3 is 2. The molecule has 1 N–H and O–H groups in total. The second-order valence-electron chi connectivity index (χ2n) is 8.56. The Labute approximate surface area is 203 Å². The molecule has 7 nitrogen and oxygen atoms in total. The third-order valence-corrected chi connectivity index (χ3v) is 6.72. The van der Waals surface area contributed by atoms with Crippen molar-refractivity contribution in [3.8, 4) is 22.8 Å². The quantitative estimate of drug-likeness (QED) is 0.542. The average Bonchev–Trinajstić information content (AvgIpc) is 3.30. The van der Waals surface area contributed by atoms with Crippen LogP contribution in [0.2, 0.25) is 0 Å². The number of benzene rings is 2. The van der Waals surface area contributed by atoms with Gasteiger partial charge >= 0.3 is 0 Å². The number of hydrogen-bond acceptors (Lipinski definition) is 6. The Kier molecular flexibility index (Phi) is 7.17. The SMILES string of the molecule is COc1ccc(OC)c(-c2csc(NC(=O)C3CCCN(C(=O)c4cc(C)cc(C)c4)C3)n2)c1. The molecule has 2 heterocycles. The van der Waals surface area contributed by atoms with Gasteiger partial charge in [-0.15, -0.1) is 11.3 Å². The van der Waals surface area contributed by atoms with Crippen molar-refractivity contribution in [3.63, 3.8) is 0 Å². The number of nitrogens with zero attached hydrogens (tertiary/aromatic N) is 2. The van der Waals surface area contributed by atoms with Crippen LogP contribution in [0.25, 0.3) is 11.3 Å². The Bertz CT molecular complexity index is 1190. The fraction of sp³-hybridized carbons (Fsp3) is 0.346. The maximum absolute atomic E-state index is 13.1. The van der Waals surface area contributed by atoms with Gasteiger partial charge in [-0.05, 0) is 57.0 Å². The maximum Gasteiger partial charge on any atom is 0.253 e. The first kappa shape index (κ1) is 23.8. The molecule has 0 radical (unpaired) electrons. The minimum Gasteiger partial charge on any atom is -0.497 e. The molecule has 178 valence electrons. The van der Waals surface area contributed by atoms with Crippen molar-refractivity contribution in [2.45, 2.75) is 26.7 Å². The number of aryl methyl sites for hydroxylation is 2. The van der Waals surface area contributed by atoms with Crippen LogP contribution < -0.4 is 14.8 Å². The molecule has 8 heteroatoms. The number of thiazole rings is 1. The molecule has 1 unspecified atom stereocenters. The third-order valence-electron chi connectivity index (χ3n) is 5.96. The first-order chi connectivity index (χ1) is 16.4. The van der Waals surface area contributed by atoms with Crippen molar-refractivity contribution in [3.05, 3.63) is 58.5 Å². The monoisotopic (exact) mass is 479 g/mol. The molecule has 1 aromatic heterocycles. The normalized spacial score (nSPS) is 15.6. The van der Waals surface area contributed by atoms with E-state index in [0.717, 1.165) is 29.5 Å². The number of anilines is 1. The van der Waals surface area contributed by atoms with E-state index < -0.39 is 0 Å². The minimum absolute atomic E-state index is 0.0223. The van der Waals surface area contributed by atoms with Gasteiger partial charge in [0.25, 0.3) is 5.91 Å². The lowest BCUT2D eigenvalue weighted by molar-refractivity contribution is -0.121. The molecular weight excluding hydrogens is 450 g/mol. The van der Waals surface area contributed by atoms with Gasteiger partial charge in [-0.1, -0.05) is 17.2 Å². The summed E-state index contributed by atoms with van der Waals surface area (Å²) in [7, 11) is 3.21. The van der Waals surface area contributed by atoms with Gasteiger partial charge in [-0.3, -0.25) is 9.59 Å². The van der Waals surface area contributed by atoms with Crippen LogP contribution in [0.3, 0.4) is 0 Å². The van der Waals surface area contributed by atoms with Gasteiger partial charge in [-0.2, -0.15) is 0 Å². The van der Waals surface area contributed by atoms with E-state index in [1.165, 1.54) is 11.3 Å². The zero-order valence-corrected chi connectivity index (χ0v) is 20.7. The van der Waals surface area contributed by atoms with E-state index in [4.69, 9.17) is 9.47 Å². The molecule has 1 atom stereocenters. The van der Waals surface area contributed by atoms with Gasteiger partial charge in [-0.25, -0.2) is 4.98 Å². The summed E-state index contributed by atoms with van der Waals surface area (Å²) in [6, 6.07) is 11.4. The first-order valence-corrected chi connectivity index (χ1v) is 12.1. The predicted molar refractivity (Wildman–Crippen MR) is 134 cm³/mol. The molecule has 0 spiro atoms. The molecule has 34 heavy (non-hydrogen) atoms. The van der Waals surface area contributed by atoms with Crippen LogP contribution in [-0.4, -0.2) is 49.0 Å². The number of amides is 2. The van der Waals surface area contributed by atoms with Gasteiger partial charge in [0, 0.05) is 29.6 Å². The van der Waals surface area contributed by atoms with Crippen molar-refractivity contribution < 1.29 is 19.1 Å². The fourth-order valence-electron chi connectivity index (χ4n) is 4.33. The number of piperidine rings is 1. The highest BCUT2D eigenvalue weighted by molar-refractivity contribution is 7.14. The Morgan fingerprint density at radius 1 is 1.09 bits per heavy atom. The van der Waals surface area contributed by atoms with Gasteiger partial charge in [0.2, 0.25) is 5.91 Å². The van der Waals surface area contributed by atoms with Crippen LogP contribution in [0.4, 0.5) is 5.13 Å². The van der Waals surface area contributed by atoms with Crippen LogP contribution in [-0.2, 0) is 4.79 Å². The van der Waals surface area contributed by atoms with E-state index in [-0.39, 0.29) is 17.7 Å². The standard InChI is InChI=1S/C26H29N3O4S/c1-16-10-17(2)12-19(11-16)25(31)29-9-5-6-18(14-29)24(30)28-26-27-22(15-34-26)21-13-20(32-3)7-8-23(21)33-4/h7-8,10-13,15,18H,5-6,9,14H2,1-4H3,(H,27,28,30). The van der Waals surface area contributed by atoms with E-state index in [1.807, 2.05) is 55.6 Å². The molecule has 1 fully saturated rings. The molecule has 1 saturated heterocycles. The van der Waals surface area contributed by atoms with Crippen LogP contribution in [0.5, 0.6) is 11.5 Å². The summed E-state index contributed by atoms with van der Waals surface area (Å²) < 4.78 is 10.8. The molecule has 4 rings (SSSR count). The zero-order valence-electron chi connectivity index (χ0n) is 19.9. The lowest BCUT2D eigenvalue weighted by Crippen LogP contribution is -2.43. The summed E-state index contributed by atoms with van der Waals surface area (Å²) in [5.74, 6) is 0.964. The van der Waals surface area contributed by atoms with E-state index in [0.29, 0.717) is 41.0 Å². The topological polar surface area (TPSA) is 80.8 Å². The van der Waals surface area contributed by atoms with Gasteiger partial charge in [0.15, 0.2) is 5.13 Å². The number of nitrogens with one attached hydrogen (secondary N) is 1. The number of likely N-dealkylation sites (tertiary alicyclic amines) is 1. The van der Waals surface area contributed by atoms with Crippen molar-refractivity contribution in [1.29, 1.82) is 0 Å². The number of ether oxygens (including phenoxy) is 2. The van der Waals surface area contributed by atoms with E-state index >= 15 is 0 Å². The van der Waals surface area contributed by atoms with Crippen molar-refractivity contribution >= 4 is 28.3 Å². The van der Waals surface area contributed by atoms with E-state index in [1.54, 1.807) is 19.1 Å². The average molecular weight is 480 g/mol. The molecule has 0 saturated carbocycles. The van der Waals surface area contributed by atoms with Crippen LogP contribution in [0, 0.1) is 19.8 Å². The largest absolute Gasteiger partial charge is 0.497 e. The van der Waals surface area contributed by atoms with E-state index in [2.05, 4.69) is 10.3 Å². The number of aromatic nitrogens is 1. The molecule has 0 bridgehead atoms. The maximum atomic E-state index is 13.1. The van der Waals surface area contributed by atoms with Crippen LogP contribution in [0.1, 0.15) is 34.3 Å². The molecule has 1 aliphatic rings. The highest BCUT2D eigenvalue weighted by atomic mass is 32.1. The van der Waals surface area contributed by atoms with Crippen molar-refractivity contribution in [1.82, 2.24) is 9.88 Å². The first-order valence-electron chi connectivity index (χ1n) is 11.2. The molecule has 0 aliphatic carbocycles. The number of carbonyl (C=O) groups excluding carboxylic acids is 2. The Balaban J connectivity index is 1.44. The Morgan fingerprint density at radius 2 is 1.85 bits per heavy atom. The lowest BCUT2D eigenvalue weighted by Gasteiger charge is -2.32. The third kappa shape index (κ3) is 5.22. The second-order valence-corrected chi connectivity index (χ2v) is 9.42. The number of rotatable bonds is 6. The lowest BCUT2D eigenvalue weighted by atomic mass is 9.96. The van der Waals surface area contributed by atoms with Crippen molar-refractivity contribution in [2.24, 2.45) is 5.92 Å².